The molecule has 0 radical (unpaired) electrons. The second-order valence-electron chi connectivity index (χ2n) is 3.07. The van der Waals surface area contributed by atoms with Crippen LogP contribution in [0.15, 0.2) is 30.7 Å². The van der Waals surface area contributed by atoms with Crippen molar-refractivity contribution in [2.45, 2.75) is 0 Å². The van der Waals surface area contributed by atoms with Gasteiger partial charge in [0, 0.05) is 25.6 Å². The molecule has 0 saturated heterocycles. The van der Waals surface area contributed by atoms with Crippen molar-refractivity contribution >= 4 is 17.7 Å². The standard InChI is InChI=1S/C10H11N5O/c1-11-8-3-2-7(6-14-8)9(16)15-10-12-4-5-13-10/h2-6H,1H3,(H,11,14)(H2,12,13,15,16). The van der Waals surface area contributed by atoms with Crippen LogP contribution >= 0.6 is 0 Å². The summed E-state index contributed by atoms with van der Waals surface area (Å²) in [6, 6.07) is 3.42. The maximum atomic E-state index is 11.7. The fraction of sp³-hybridized carbons (Fsp3) is 0.100. The average molecular weight is 217 g/mol. The lowest BCUT2D eigenvalue weighted by Crippen LogP contribution is -2.13. The van der Waals surface area contributed by atoms with Crippen LogP contribution < -0.4 is 10.6 Å². The van der Waals surface area contributed by atoms with Gasteiger partial charge < -0.3 is 10.3 Å². The number of pyridine rings is 1. The van der Waals surface area contributed by atoms with E-state index in [1.54, 1.807) is 31.6 Å². The molecule has 16 heavy (non-hydrogen) atoms. The topological polar surface area (TPSA) is 82.7 Å². The summed E-state index contributed by atoms with van der Waals surface area (Å²) in [4.78, 5) is 22.4. The number of hydrogen-bond donors (Lipinski definition) is 3. The van der Waals surface area contributed by atoms with E-state index in [-0.39, 0.29) is 5.91 Å². The summed E-state index contributed by atoms with van der Waals surface area (Å²) >= 11 is 0. The van der Waals surface area contributed by atoms with Crippen LogP contribution in [0.5, 0.6) is 0 Å². The van der Waals surface area contributed by atoms with Crippen molar-refractivity contribution in [1.29, 1.82) is 0 Å². The van der Waals surface area contributed by atoms with E-state index in [4.69, 9.17) is 0 Å². The van der Waals surface area contributed by atoms with Gasteiger partial charge in [0.05, 0.1) is 5.56 Å². The number of carbonyl (C=O) groups excluding carboxylic acids is 1. The lowest BCUT2D eigenvalue weighted by atomic mass is 10.2. The molecule has 0 saturated carbocycles. The van der Waals surface area contributed by atoms with Gasteiger partial charge in [-0.1, -0.05) is 0 Å². The van der Waals surface area contributed by atoms with Gasteiger partial charge in [-0.3, -0.25) is 10.1 Å². The molecule has 2 aromatic heterocycles. The Morgan fingerprint density at radius 1 is 1.38 bits per heavy atom. The van der Waals surface area contributed by atoms with E-state index < -0.39 is 0 Å². The summed E-state index contributed by atoms with van der Waals surface area (Å²) in [5.74, 6) is 0.891. The van der Waals surface area contributed by atoms with Crippen LogP contribution in [0.3, 0.4) is 0 Å². The second-order valence-corrected chi connectivity index (χ2v) is 3.07. The maximum absolute atomic E-state index is 11.7. The first-order valence-electron chi connectivity index (χ1n) is 4.74. The predicted octanol–water partition coefficient (Wildman–Crippen LogP) is 1.10. The molecule has 0 bridgehead atoms. The van der Waals surface area contributed by atoms with Crippen LogP contribution in [0, 0.1) is 0 Å². The Morgan fingerprint density at radius 2 is 2.25 bits per heavy atom. The first-order chi connectivity index (χ1) is 7.79. The van der Waals surface area contributed by atoms with Crippen molar-refractivity contribution < 1.29 is 4.79 Å². The smallest absolute Gasteiger partial charge is 0.259 e. The largest absolute Gasteiger partial charge is 0.373 e. The van der Waals surface area contributed by atoms with Gasteiger partial charge >= 0.3 is 0 Å². The van der Waals surface area contributed by atoms with Gasteiger partial charge in [-0.05, 0) is 12.1 Å². The van der Waals surface area contributed by atoms with Crippen LogP contribution in [-0.2, 0) is 0 Å². The molecule has 2 heterocycles. The Morgan fingerprint density at radius 3 is 2.81 bits per heavy atom. The number of carbonyl (C=O) groups is 1. The van der Waals surface area contributed by atoms with E-state index in [1.807, 2.05) is 0 Å². The molecule has 0 fully saturated rings. The SMILES string of the molecule is CNc1ccc(C(=O)Nc2ncc[nH]2)cn1. The van der Waals surface area contributed by atoms with Crippen molar-refractivity contribution in [2.75, 3.05) is 17.7 Å². The predicted molar refractivity (Wildman–Crippen MR) is 60.3 cm³/mol. The molecular formula is C10H11N5O. The number of H-pyrrole nitrogens is 1. The Hall–Kier alpha value is -2.37. The fourth-order valence-corrected chi connectivity index (χ4v) is 1.19. The highest BCUT2D eigenvalue weighted by atomic mass is 16.1. The van der Waals surface area contributed by atoms with Crippen LogP contribution in [0.2, 0.25) is 0 Å². The molecule has 0 atom stereocenters. The van der Waals surface area contributed by atoms with Crippen LogP contribution in [0.25, 0.3) is 0 Å². The zero-order valence-corrected chi connectivity index (χ0v) is 8.69. The number of imidazole rings is 1. The van der Waals surface area contributed by atoms with Crippen molar-refractivity contribution in [3.05, 3.63) is 36.3 Å². The maximum Gasteiger partial charge on any atom is 0.259 e. The van der Waals surface area contributed by atoms with Crippen LogP contribution in [0.4, 0.5) is 11.8 Å². The molecule has 0 aliphatic rings. The third-order valence-corrected chi connectivity index (χ3v) is 2.01. The second kappa shape index (κ2) is 4.43. The van der Waals surface area contributed by atoms with Crippen molar-refractivity contribution in [2.24, 2.45) is 0 Å². The minimum atomic E-state index is -0.245. The van der Waals surface area contributed by atoms with Crippen LogP contribution in [-0.4, -0.2) is 27.9 Å². The molecule has 0 aromatic carbocycles. The summed E-state index contributed by atoms with van der Waals surface area (Å²) in [6.07, 6.45) is 4.71. The zero-order chi connectivity index (χ0) is 11.4. The van der Waals surface area contributed by atoms with Gasteiger partial charge in [-0.2, -0.15) is 0 Å². The van der Waals surface area contributed by atoms with Gasteiger partial charge in [0.25, 0.3) is 5.91 Å². The Kier molecular flexibility index (Phi) is 2.81. The van der Waals surface area contributed by atoms with Gasteiger partial charge in [-0.15, -0.1) is 0 Å². The highest BCUT2D eigenvalue weighted by Crippen LogP contribution is 2.06. The van der Waals surface area contributed by atoms with Gasteiger partial charge in [-0.25, -0.2) is 9.97 Å². The minimum absolute atomic E-state index is 0.245. The number of rotatable bonds is 3. The van der Waals surface area contributed by atoms with E-state index in [2.05, 4.69) is 25.6 Å². The highest BCUT2D eigenvalue weighted by molar-refractivity contribution is 6.03. The number of hydrogen-bond acceptors (Lipinski definition) is 4. The normalized spacial score (nSPS) is 9.81. The molecule has 0 aliphatic carbocycles. The molecule has 82 valence electrons. The zero-order valence-electron chi connectivity index (χ0n) is 8.69. The molecule has 2 rings (SSSR count). The summed E-state index contributed by atoms with van der Waals surface area (Å²) in [5.41, 5.74) is 0.482. The molecule has 6 nitrogen and oxygen atoms in total. The van der Waals surface area contributed by atoms with E-state index in [1.165, 1.54) is 6.20 Å². The quantitative estimate of drug-likeness (QED) is 0.719. The molecule has 6 heteroatoms. The molecule has 1 amide bonds. The molecule has 3 N–H and O–H groups in total. The number of nitrogens with zero attached hydrogens (tertiary/aromatic N) is 2. The third-order valence-electron chi connectivity index (χ3n) is 2.01. The summed E-state index contributed by atoms with van der Waals surface area (Å²) in [7, 11) is 1.77. The van der Waals surface area contributed by atoms with Gasteiger partial charge in [0.2, 0.25) is 5.95 Å². The third kappa shape index (κ3) is 2.17. The molecule has 0 spiro atoms. The molecule has 0 unspecified atom stereocenters. The van der Waals surface area contributed by atoms with E-state index in [0.29, 0.717) is 11.5 Å². The van der Waals surface area contributed by atoms with Gasteiger partial charge in [0.1, 0.15) is 5.82 Å². The first-order valence-corrected chi connectivity index (χ1v) is 4.74. The Balaban J connectivity index is 2.09. The summed E-state index contributed by atoms with van der Waals surface area (Å²) < 4.78 is 0. The number of aromatic amines is 1. The number of anilines is 2. The lowest BCUT2D eigenvalue weighted by Gasteiger charge is -2.02. The highest BCUT2D eigenvalue weighted by Gasteiger charge is 2.07. The molecular weight excluding hydrogens is 206 g/mol. The monoisotopic (exact) mass is 217 g/mol. The molecule has 0 aliphatic heterocycles. The van der Waals surface area contributed by atoms with Gasteiger partial charge in [0.15, 0.2) is 0 Å². The van der Waals surface area contributed by atoms with Crippen molar-refractivity contribution in [3.63, 3.8) is 0 Å². The fourth-order valence-electron chi connectivity index (χ4n) is 1.19. The number of nitrogens with one attached hydrogen (secondary N) is 3. The summed E-state index contributed by atoms with van der Waals surface area (Å²) in [6.45, 7) is 0. The average Bonchev–Trinajstić information content (AvgIpc) is 2.82. The van der Waals surface area contributed by atoms with Crippen molar-refractivity contribution in [1.82, 2.24) is 15.0 Å². The Labute approximate surface area is 92.1 Å². The molecule has 2 aromatic rings. The summed E-state index contributed by atoms with van der Waals surface area (Å²) in [5, 5.41) is 5.49. The minimum Gasteiger partial charge on any atom is -0.373 e. The van der Waals surface area contributed by atoms with E-state index in [9.17, 15) is 4.79 Å². The number of amides is 1. The van der Waals surface area contributed by atoms with E-state index >= 15 is 0 Å². The van der Waals surface area contributed by atoms with E-state index in [0.717, 1.165) is 5.82 Å². The Bertz CT molecular complexity index is 462. The lowest BCUT2D eigenvalue weighted by molar-refractivity contribution is 0.102. The number of aromatic nitrogens is 3. The van der Waals surface area contributed by atoms with Crippen molar-refractivity contribution in [3.8, 4) is 0 Å². The first kappa shape index (κ1) is 10.2. The van der Waals surface area contributed by atoms with Crippen LogP contribution in [0.1, 0.15) is 10.4 Å².